The molecule has 2 unspecified atom stereocenters. The predicted molar refractivity (Wildman–Crippen MR) is 81.8 cm³/mol. The molecule has 23 heavy (non-hydrogen) atoms. The first-order valence-electron chi connectivity index (χ1n) is 7.31. The largest absolute Gasteiger partial charge is 0.462 e. The van der Waals surface area contributed by atoms with Crippen LogP contribution in [0.1, 0.15) is 35.3 Å². The summed E-state index contributed by atoms with van der Waals surface area (Å²) in [5.74, 6) is -1.38. The molecule has 0 amide bonds. The summed E-state index contributed by atoms with van der Waals surface area (Å²) < 4.78 is 33.9. The van der Waals surface area contributed by atoms with E-state index in [4.69, 9.17) is 10.5 Å². The van der Waals surface area contributed by atoms with Gasteiger partial charge in [0.05, 0.1) is 23.6 Å². The first kappa shape index (κ1) is 15.5. The first-order chi connectivity index (χ1) is 10.9. The monoisotopic (exact) mass is 322 g/mol. The van der Waals surface area contributed by atoms with Crippen LogP contribution in [-0.2, 0) is 4.74 Å². The van der Waals surface area contributed by atoms with Crippen LogP contribution in [0.5, 0.6) is 0 Å². The van der Waals surface area contributed by atoms with Crippen molar-refractivity contribution in [2.75, 3.05) is 12.3 Å². The van der Waals surface area contributed by atoms with E-state index >= 15 is 0 Å². The summed E-state index contributed by atoms with van der Waals surface area (Å²) in [5.41, 5.74) is 5.28. The lowest BCUT2D eigenvalue weighted by molar-refractivity contribution is 0.0524. The molecule has 1 aliphatic carbocycles. The van der Waals surface area contributed by atoms with E-state index in [0.717, 1.165) is 6.07 Å². The van der Waals surface area contributed by atoms with Gasteiger partial charge in [0, 0.05) is 23.9 Å². The second-order valence-electron chi connectivity index (χ2n) is 5.61. The van der Waals surface area contributed by atoms with Crippen LogP contribution in [0.25, 0.3) is 10.9 Å². The molecule has 2 aromatic rings. The number of anilines is 1. The van der Waals surface area contributed by atoms with Gasteiger partial charge in [-0.25, -0.2) is 13.6 Å². The summed E-state index contributed by atoms with van der Waals surface area (Å²) in [6, 6.07) is 0.504. The molecule has 0 radical (unpaired) electrons. The van der Waals surface area contributed by atoms with Gasteiger partial charge in [-0.15, -0.1) is 0 Å². The van der Waals surface area contributed by atoms with Gasteiger partial charge in [0.15, 0.2) is 0 Å². The molecule has 2 atom stereocenters. The number of fused-ring (bicyclic) bond motifs is 1. The van der Waals surface area contributed by atoms with E-state index in [9.17, 15) is 18.4 Å². The Morgan fingerprint density at radius 2 is 2.17 bits per heavy atom. The third-order valence-electron chi connectivity index (χ3n) is 4.05. The molecular weight excluding hydrogens is 306 g/mol. The number of hydrogen-bond donors (Lipinski definition) is 1. The van der Waals surface area contributed by atoms with Gasteiger partial charge < -0.3 is 15.0 Å². The van der Waals surface area contributed by atoms with Gasteiger partial charge >= 0.3 is 5.97 Å². The maximum Gasteiger partial charge on any atom is 0.343 e. The molecule has 1 heterocycles. The molecule has 0 spiro atoms. The Hall–Kier alpha value is -2.44. The quantitative estimate of drug-likeness (QED) is 0.696. The number of nitrogen functional groups attached to an aromatic ring is 1. The number of esters is 1. The number of halogens is 2. The lowest BCUT2D eigenvalue weighted by Gasteiger charge is -2.16. The Morgan fingerprint density at radius 3 is 2.74 bits per heavy atom. The van der Waals surface area contributed by atoms with Crippen LogP contribution in [-0.4, -0.2) is 23.3 Å². The van der Waals surface area contributed by atoms with E-state index in [1.807, 2.05) is 0 Å². The summed E-state index contributed by atoms with van der Waals surface area (Å²) >= 11 is 0. The Labute approximate surface area is 130 Å². The highest BCUT2D eigenvalue weighted by atomic mass is 19.1. The second-order valence-corrected chi connectivity index (χ2v) is 5.61. The molecule has 1 aromatic carbocycles. The van der Waals surface area contributed by atoms with Crippen LogP contribution in [0.4, 0.5) is 14.5 Å². The molecule has 1 fully saturated rings. The Bertz CT molecular complexity index is 876. The summed E-state index contributed by atoms with van der Waals surface area (Å²) in [6.07, 6.45) is 0.397. The average molecular weight is 322 g/mol. The fourth-order valence-electron chi connectivity index (χ4n) is 2.77. The smallest absolute Gasteiger partial charge is 0.343 e. The average Bonchev–Trinajstić information content (AvgIpc) is 3.21. The second kappa shape index (κ2) is 5.33. The molecule has 0 saturated heterocycles. The van der Waals surface area contributed by atoms with Crippen LogP contribution in [0.2, 0.25) is 0 Å². The molecule has 7 heteroatoms. The number of ether oxygens (including phenoxy) is 1. The Balaban J connectivity index is 2.40. The highest BCUT2D eigenvalue weighted by molar-refractivity contribution is 5.99. The van der Waals surface area contributed by atoms with Crippen LogP contribution in [0.3, 0.4) is 0 Å². The highest BCUT2D eigenvalue weighted by Crippen LogP contribution is 2.41. The number of nitrogens with zero attached hydrogens (tertiary/aromatic N) is 1. The number of benzene rings is 1. The Kier molecular flexibility index (Phi) is 3.58. The lowest BCUT2D eigenvalue weighted by Crippen LogP contribution is -2.22. The summed E-state index contributed by atoms with van der Waals surface area (Å²) in [4.78, 5) is 24.6. The zero-order chi connectivity index (χ0) is 16.9. The van der Waals surface area contributed by atoms with E-state index in [1.54, 1.807) is 6.92 Å². The van der Waals surface area contributed by atoms with Crippen LogP contribution in [0.15, 0.2) is 17.1 Å². The van der Waals surface area contributed by atoms with Crippen molar-refractivity contribution in [2.45, 2.75) is 32.5 Å². The minimum atomic E-state index is -1.10. The van der Waals surface area contributed by atoms with Gasteiger partial charge in [0.1, 0.15) is 17.6 Å². The molecule has 2 N–H and O–H groups in total. The standard InChI is InChI=1S/C16H16F2N2O3/c1-3-23-16(22)8-6-20(12-5-10(12)18)14-7(2)9(17)4-11(19)13(14)15(8)21/h4,6,10,12H,3,5,19H2,1-2H3. The van der Waals surface area contributed by atoms with Crippen molar-refractivity contribution in [1.82, 2.24) is 4.57 Å². The Morgan fingerprint density at radius 1 is 1.52 bits per heavy atom. The van der Waals surface area contributed by atoms with Crippen molar-refractivity contribution in [3.05, 3.63) is 39.4 Å². The topological polar surface area (TPSA) is 74.3 Å². The zero-order valence-electron chi connectivity index (χ0n) is 12.7. The van der Waals surface area contributed by atoms with E-state index < -0.39 is 29.4 Å². The zero-order valence-corrected chi connectivity index (χ0v) is 12.7. The number of carbonyl (C=O) groups is 1. The number of rotatable bonds is 3. The molecular formula is C16H16F2N2O3. The van der Waals surface area contributed by atoms with Gasteiger partial charge in [-0.1, -0.05) is 0 Å². The summed E-state index contributed by atoms with van der Waals surface area (Å²) in [6.45, 7) is 3.21. The number of hydrogen-bond acceptors (Lipinski definition) is 4. The third kappa shape index (κ3) is 2.36. The van der Waals surface area contributed by atoms with Gasteiger partial charge in [-0.05, 0) is 19.9 Å². The SMILES string of the molecule is CCOC(=O)c1cn(C2CC2F)c2c(C)c(F)cc(N)c2c1=O. The van der Waals surface area contributed by atoms with Crippen LogP contribution < -0.4 is 11.2 Å². The number of nitrogens with two attached hydrogens (primary N) is 1. The van der Waals surface area contributed by atoms with E-state index in [-0.39, 0.29) is 40.7 Å². The molecule has 122 valence electrons. The number of carbonyl (C=O) groups excluding carboxylic acids is 1. The van der Waals surface area contributed by atoms with Crippen molar-refractivity contribution >= 4 is 22.6 Å². The predicted octanol–water partition coefficient (Wildman–Crippen LogP) is 2.49. The van der Waals surface area contributed by atoms with Crippen molar-refractivity contribution in [2.24, 2.45) is 0 Å². The van der Waals surface area contributed by atoms with E-state index in [1.165, 1.54) is 17.7 Å². The number of pyridine rings is 1. The normalized spacial score (nSPS) is 19.8. The number of aryl methyl sites for hydroxylation is 1. The summed E-state index contributed by atoms with van der Waals surface area (Å²) in [7, 11) is 0. The van der Waals surface area contributed by atoms with Gasteiger partial charge in [-0.3, -0.25) is 4.79 Å². The van der Waals surface area contributed by atoms with Gasteiger partial charge in [0.2, 0.25) is 5.43 Å². The number of alkyl halides is 1. The van der Waals surface area contributed by atoms with Gasteiger partial charge in [-0.2, -0.15) is 0 Å². The van der Waals surface area contributed by atoms with Crippen LogP contribution in [0, 0.1) is 12.7 Å². The van der Waals surface area contributed by atoms with Gasteiger partial charge in [0.25, 0.3) is 0 Å². The van der Waals surface area contributed by atoms with E-state index in [2.05, 4.69) is 0 Å². The fraction of sp³-hybridized carbons (Fsp3) is 0.375. The van der Waals surface area contributed by atoms with E-state index in [0.29, 0.717) is 0 Å². The molecule has 5 nitrogen and oxygen atoms in total. The lowest BCUT2D eigenvalue weighted by atomic mass is 10.0. The maximum atomic E-state index is 14.0. The first-order valence-corrected chi connectivity index (χ1v) is 7.31. The summed E-state index contributed by atoms with van der Waals surface area (Å²) in [5, 5.41) is 0.0218. The molecule has 0 bridgehead atoms. The maximum absolute atomic E-state index is 14.0. The van der Waals surface area contributed by atoms with Crippen LogP contribution >= 0.6 is 0 Å². The molecule has 0 aliphatic heterocycles. The number of aromatic nitrogens is 1. The highest BCUT2D eigenvalue weighted by Gasteiger charge is 2.40. The minimum Gasteiger partial charge on any atom is -0.462 e. The van der Waals surface area contributed by atoms with Crippen molar-refractivity contribution in [3.8, 4) is 0 Å². The third-order valence-corrected chi connectivity index (χ3v) is 4.05. The molecule has 1 aromatic heterocycles. The van der Waals surface area contributed by atoms with Crippen molar-refractivity contribution < 1.29 is 18.3 Å². The fourth-order valence-corrected chi connectivity index (χ4v) is 2.77. The molecule has 1 saturated carbocycles. The molecule has 3 rings (SSSR count). The van der Waals surface area contributed by atoms with Crippen molar-refractivity contribution in [1.29, 1.82) is 0 Å². The van der Waals surface area contributed by atoms with Crippen molar-refractivity contribution in [3.63, 3.8) is 0 Å². The minimum absolute atomic E-state index is 0.0218. The molecule has 1 aliphatic rings.